The lowest BCUT2D eigenvalue weighted by Gasteiger charge is -2.29. The van der Waals surface area contributed by atoms with Crippen LogP contribution in [0.2, 0.25) is 0 Å². The van der Waals surface area contributed by atoms with Gasteiger partial charge < -0.3 is 4.90 Å². The number of nitrogens with zero attached hydrogens (tertiary/aromatic N) is 3. The molecular formula is C15H21N3O2. The number of Topliss-reactive ketones (excluding diaryl/α,β-unsaturated/α-hetero) is 1. The fourth-order valence-corrected chi connectivity index (χ4v) is 3.21. The molecule has 1 amide bonds. The van der Waals surface area contributed by atoms with Crippen LogP contribution in [0.3, 0.4) is 0 Å². The highest BCUT2D eigenvalue weighted by atomic mass is 16.2. The Bertz CT molecular complexity index is 521. The van der Waals surface area contributed by atoms with Crippen LogP contribution in [0.5, 0.6) is 0 Å². The third-order valence-electron chi connectivity index (χ3n) is 4.31. The number of rotatable bonds is 4. The molecular weight excluding hydrogens is 254 g/mol. The topological polar surface area (TPSA) is 55.2 Å². The second-order valence-electron chi connectivity index (χ2n) is 5.84. The first kappa shape index (κ1) is 13.3. The fraction of sp³-hybridized carbons (Fsp3) is 0.667. The summed E-state index contributed by atoms with van der Waals surface area (Å²) in [6.45, 7) is 2.64. The Hall–Kier alpha value is -1.65. The summed E-state index contributed by atoms with van der Waals surface area (Å²) in [6.07, 6.45) is 8.40. The lowest BCUT2D eigenvalue weighted by Crippen LogP contribution is -2.50. The van der Waals surface area contributed by atoms with Gasteiger partial charge >= 0.3 is 0 Å². The van der Waals surface area contributed by atoms with Gasteiger partial charge in [0.25, 0.3) is 5.91 Å². The SMILES string of the molecule is CCCc1c(C(=O)N2CC(=O)C2)cnn1C1CCCC1. The Kier molecular flexibility index (Phi) is 3.59. The van der Waals surface area contributed by atoms with Crippen molar-refractivity contribution in [3.63, 3.8) is 0 Å². The zero-order chi connectivity index (χ0) is 14.1. The summed E-state index contributed by atoms with van der Waals surface area (Å²) in [4.78, 5) is 25.1. The number of likely N-dealkylation sites (tertiary alicyclic amines) is 1. The fourth-order valence-electron chi connectivity index (χ4n) is 3.21. The molecule has 20 heavy (non-hydrogen) atoms. The molecule has 5 heteroatoms. The van der Waals surface area contributed by atoms with Crippen molar-refractivity contribution in [1.29, 1.82) is 0 Å². The quantitative estimate of drug-likeness (QED) is 0.844. The van der Waals surface area contributed by atoms with E-state index in [9.17, 15) is 9.59 Å². The zero-order valence-corrected chi connectivity index (χ0v) is 12.0. The minimum atomic E-state index is -0.0303. The van der Waals surface area contributed by atoms with E-state index >= 15 is 0 Å². The van der Waals surface area contributed by atoms with Crippen molar-refractivity contribution in [2.24, 2.45) is 0 Å². The maximum absolute atomic E-state index is 12.4. The molecule has 5 nitrogen and oxygen atoms in total. The van der Waals surface area contributed by atoms with Crippen LogP contribution >= 0.6 is 0 Å². The monoisotopic (exact) mass is 275 g/mol. The van der Waals surface area contributed by atoms with Crippen molar-refractivity contribution in [3.8, 4) is 0 Å². The van der Waals surface area contributed by atoms with Crippen LogP contribution in [0.1, 0.15) is 61.1 Å². The van der Waals surface area contributed by atoms with Crippen molar-refractivity contribution >= 4 is 11.7 Å². The number of amides is 1. The van der Waals surface area contributed by atoms with E-state index in [1.807, 2.05) is 0 Å². The Morgan fingerprint density at radius 1 is 1.35 bits per heavy atom. The smallest absolute Gasteiger partial charge is 0.258 e. The van der Waals surface area contributed by atoms with E-state index in [0.29, 0.717) is 11.6 Å². The van der Waals surface area contributed by atoms with Gasteiger partial charge in [0.2, 0.25) is 0 Å². The van der Waals surface area contributed by atoms with Gasteiger partial charge in [-0.1, -0.05) is 26.2 Å². The van der Waals surface area contributed by atoms with E-state index in [1.54, 1.807) is 11.1 Å². The summed E-state index contributed by atoms with van der Waals surface area (Å²) < 4.78 is 2.07. The number of carbonyl (C=O) groups excluding carboxylic acids is 2. The van der Waals surface area contributed by atoms with Crippen molar-refractivity contribution in [1.82, 2.24) is 14.7 Å². The molecule has 0 bridgehead atoms. The molecule has 1 aliphatic heterocycles. The lowest BCUT2D eigenvalue weighted by atomic mass is 10.1. The van der Waals surface area contributed by atoms with Gasteiger partial charge in [0, 0.05) is 0 Å². The van der Waals surface area contributed by atoms with Crippen LogP contribution in [0.4, 0.5) is 0 Å². The second kappa shape index (κ2) is 5.38. The van der Waals surface area contributed by atoms with Gasteiger partial charge in [-0.2, -0.15) is 5.10 Å². The van der Waals surface area contributed by atoms with E-state index in [0.717, 1.165) is 31.4 Å². The summed E-state index contributed by atoms with van der Waals surface area (Å²) in [6, 6.07) is 0.455. The van der Waals surface area contributed by atoms with Crippen molar-refractivity contribution < 1.29 is 9.59 Å². The van der Waals surface area contributed by atoms with Crippen molar-refractivity contribution in [3.05, 3.63) is 17.5 Å². The highest BCUT2D eigenvalue weighted by Gasteiger charge is 2.32. The van der Waals surface area contributed by atoms with E-state index < -0.39 is 0 Å². The van der Waals surface area contributed by atoms with Gasteiger partial charge in [-0.25, -0.2) is 0 Å². The maximum atomic E-state index is 12.4. The number of hydrogen-bond acceptors (Lipinski definition) is 3. The van der Waals surface area contributed by atoms with Gasteiger partial charge in [0.1, 0.15) is 0 Å². The largest absolute Gasteiger partial charge is 0.324 e. The molecule has 1 aromatic rings. The summed E-state index contributed by atoms with van der Waals surface area (Å²) in [5.41, 5.74) is 1.76. The van der Waals surface area contributed by atoms with E-state index in [4.69, 9.17) is 0 Å². The minimum absolute atomic E-state index is 0.0303. The van der Waals surface area contributed by atoms with Crippen LogP contribution in [-0.2, 0) is 11.2 Å². The van der Waals surface area contributed by atoms with Crippen LogP contribution in [0.25, 0.3) is 0 Å². The minimum Gasteiger partial charge on any atom is -0.324 e. The molecule has 0 aromatic carbocycles. The predicted octanol–water partition coefficient (Wildman–Crippen LogP) is 1.98. The van der Waals surface area contributed by atoms with Crippen LogP contribution < -0.4 is 0 Å². The number of ketones is 1. The molecule has 0 unspecified atom stereocenters. The van der Waals surface area contributed by atoms with E-state index in [1.165, 1.54) is 12.8 Å². The summed E-state index contributed by atoms with van der Waals surface area (Å²) in [7, 11) is 0. The first-order valence-electron chi connectivity index (χ1n) is 7.58. The Morgan fingerprint density at radius 2 is 2.05 bits per heavy atom. The lowest BCUT2D eigenvalue weighted by molar-refractivity contribution is -0.127. The molecule has 0 atom stereocenters. The van der Waals surface area contributed by atoms with Crippen LogP contribution in [-0.4, -0.2) is 39.5 Å². The predicted molar refractivity (Wildman–Crippen MR) is 74.6 cm³/mol. The van der Waals surface area contributed by atoms with Gasteiger partial charge in [-0.3, -0.25) is 14.3 Å². The van der Waals surface area contributed by atoms with Gasteiger partial charge in [-0.05, 0) is 19.3 Å². The number of hydrogen-bond donors (Lipinski definition) is 0. The van der Waals surface area contributed by atoms with E-state index in [2.05, 4.69) is 16.7 Å². The third kappa shape index (κ3) is 2.25. The first-order valence-corrected chi connectivity index (χ1v) is 7.58. The number of aromatic nitrogens is 2. The summed E-state index contributed by atoms with van der Waals surface area (Å²) in [5.74, 6) is 0.107. The Balaban J connectivity index is 1.86. The molecule has 0 spiro atoms. The average molecular weight is 275 g/mol. The highest BCUT2D eigenvalue weighted by Crippen LogP contribution is 2.31. The van der Waals surface area contributed by atoms with Gasteiger partial charge in [0.05, 0.1) is 36.6 Å². The second-order valence-corrected chi connectivity index (χ2v) is 5.84. The molecule has 2 fully saturated rings. The Labute approximate surface area is 118 Å². The van der Waals surface area contributed by atoms with Gasteiger partial charge in [-0.15, -0.1) is 0 Å². The van der Waals surface area contributed by atoms with E-state index in [-0.39, 0.29) is 24.8 Å². The molecule has 2 aliphatic rings. The third-order valence-corrected chi connectivity index (χ3v) is 4.31. The normalized spacial score (nSPS) is 19.4. The van der Waals surface area contributed by atoms with Crippen molar-refractivity contribution in [2.75, 3.05) is 13.1 Å². The zero-order valence-electron chi connectivity index (χ0n) is 12.0. The van der Waals surface area contributed by atoms with Crippen molar-refractivity contribution in [2.45, 2.75) is 51.5 Å². The molecule has 1 aromatic heterocycles. The first-order chi connectivity index (χ1) is 9.70. The summed E-state index contributed by atoms with van der Waals surface area (Å²) in [5, 5.41) is 4.48. The Morgan fingerprint density at radius 3 is 2.65 bits per heavy atom. The summed E-state index contributed by atoms with van der Waals surface area (Å²) >= 11 is 0. The maximum Gasteiger partial charge on any atom is 0.258 e. The molecule has 0 radical (unpaired) electrons. The van der Waals surface area contributed by atoms with Crippen LogP contribution in [0, 0.1) is 0 Å². The highest BCUT2D eigenvalue weighted by molar-refractivity contribution is 6.03. The molecule has 2 heterocycles. The van der Waals surface area contributed by atoms with Gasteiger partial charge in [0.15, 0.2) is 5.78 Å². The molecule has 1 aliphatic carbocycles. The standard InChI is InChI=1S/C15H21N3O2/c1-2-5-14-13(15(20)17-9-12(19)10-17)8-16-18(14)11-6-3-4-7-11/h8,11H,2-7,9-10H2,1H3. The molecule has 1 saturated carbocycles. The number of carbonyl (C=O) groups is 2. The van der Waals surface area contributed by atoms with Crippen LogP contribution in [0.15, 0.2) is 6.20 Å². The average Bonchev–Trinajstić information content (AvgIpc) is 3.03. The molecule has 108 valence electrons. The molecule has 0 N–H and O–H groups in total. The molecule has 3 rings (SSSR count). The molecule has 1 saturated heterocycles.